The van der Waals surface area contributed by atoms with Crippen molar-refractivity contribution in [3.8, 4) is 17.2 Å². The van der Waals surface area contributed by atoms with E-state index in [2.05, 4.69) is 13.8 Å². The Kier molecular flexibility index (Phi) is 4.63. The van der Waals surface area contributed by atoms with Crippen LogP contribution in [0.2, 0.25) is 5.02 Å². The van der Waals surface area contributed by atoms with Crippen LogP contribution in [0.25, 0.3) is 0 Å². The normalized spacial score (nSPS) is 10.8. The van der Waals surface area contributed by atoms with Gasteiger partial charge in [-0.25, -0.2) is 0 Å². The monoisotopic (exact) mass is 305 g/mol. The van der Waals surface area contributed by atoms with Crippen LogP contribution in [0.3, 0.4) is 0 Å². The molecule has 0 radical (unpaired) electrons. The van der Waals surface area contributed by atoms with Crippen molar-refractivity contribution in [2.45, 2.75) is 26.7 Å². The Bertz CT molecular complexity index is 630. The van der Waals surface area contributed by atoms with E-state index in [1.807, 2.05) is 31.2 Å². The van der Waals surface area contributed by atoms with Gasteiger partial charge >= 0.3 is 0 Å². The van der Waals surface area contributed by atoms with Gasteiger partial charge in [0, 0.05) is 11.3 Å². The summed E-state index contributed by atoms with van der Waals surface area (Å²) in [5.41, 5.74) is 8.40. The van der Waals surface area contributed by atoms with E-state index in [0.29, 0.717) is 22.4 Å². The molecule has 21 heavy (non-hydrogen) atoms. The van der Waals surface area contributed by atoms with Crippen LogP contribution in [0, 0.1) is 6.92 Å². The summed E-state index contributed by atoms with van der Waals surface area (Å²) in [6.07, 6.45) is 0. The molecule has 2 aromatic carbocycles. The van der Waals surface area contributed by atoms with Crippen molar-refractivity contribution in [3.05, 3.63) is 46.5 Å². The molecule has 2 rings (SSSR count). The van der Waals surface area contributed by atoms with E-state index in [4.69, 9.17) is 26.8 Å². The molecule has 2 aromatic rings. The fourth-order valence-corrected chi connectivity index (χ4v) is 2.55. The Morgan fingerprint density at radius 3 is 2.43 bits per heavy atom. The highest BCUT2D eigenvalue weighted by atomic mass is 35.5. The van der Waals surface area contributed by atoms with E-state index >= 15 is 0 Å². The van der Waals surface area contributed by atoms with Gasteiger partial charge < -0.3 is 15.2 Å². The van der Waals surface area contributed by atoms with Gasteiger partial charge in [0.25, 0.3) is 0 Å². The van der Waals surface area contributed by atoms with Gasteiger partial charge in [0.05, 0.1) is 12.1 Å². The van der Waals surface area contributed by atoms with Crippen molar-refractivity contribution in [1.29, 1.82) is 0 Å². The minimum Gasteiger partial charge on any atom is -0.496 e. The van der Waals surface area contributed by atoms with Gasteiger partial charge in [-0.05, 0) is 48.7 Å². The number of benzene rings is 2. The quantitative estimate of drug-likeness (QED) is 0.794. The molecule has 0 saturated carbocycles. The molecule has 112 valence electrons. The van der Waals surface area contributed by atoms with Crippen LogP contribution < -0.4 is 15.2 Å². The van der Waals surface area contributed by atoms with E-state index < -0.39 is 0 Å². The average Bonchev–Trinajstić information content (AvgIpc) is 2.42. The molecular weight excluding hydrogens is 286 g/mol. The van der Waals surface area contributed by atoms with Crippen LogP contribution in [0.5, 0.6) is 17.2 Å². The Balaban J connectivity index is 2.39. The van der Waals surface area contributed by atoms with Crippen molar-refractivity contribution in [2.75, 3.05) is 12.8 Å². The largest absolute Gasteiger partial charge is 0.496 e. The zero-order valence-electron chi connectivity index (χ0n) is 12.7. The minimum atomic E-state index is 0.339. The molecule has 0 aliphatic heterocycles. The number of hydrogen-bond acceptors (Lipinski definition) is 3. The Hall–Kier alpha value is -1.87. The zero-order chi connectivity index (χ0) is 15.6. The van der Waals surface area contributed by atoms with Gasteiger partial charge in [0.1, 0.15) is 17.2 Å². The molecule has 0 saturated heterocycles. The number of halogens is 1. The first-order valence-electron chi connectivity index (χ1n) is 6.83. The summed E-state index contributed by atoms with van der Waals surface area (Å²) in [6, 6.07) is 9.29. The van der Waals surface area contributed by atoms with Crippen molar-refractivity contribution < 1.29 is 9.47 Å². The molecule has 0 aromatic heterocycles. The summed E-state index contributed by atoms with van der Waals surface area (Å²) in [5, 5.41) is 0.509. The predicted molar refractivity (Wildman–Crippen MR) is 87.8 cm³/mol. The lowest BCUT2D eigenvalue weighted by atomic mass is 10.0. The predicted octanol–water partition coefficient (Wildman–Crippen LogP) is 5.15. The molecule has 4 heteroatoms. The number of nitrogen functional groups attached to an aromatic ring is 1. The molecule has 0 aliphatic rings. The van der Waals surface area contributed by atoms with Crippen molar-refractivity contribution in [1.82, 2.24) is 0 Å². The molecular formula is C17H20ClNO2. The number of ether oxygens (including phenoxy) is 2. The van der Waals surface area contributed by atoms with Crippen molar-refractivity contribution in [3.63, 3.8) is 0 Å². The number of anilines is 1. The van der Waals surface area contributed by atoms with Gasteiger partial charge in [-0.1, -0.05) is 25.4 Å². The van der Waals surface area contributed by atoms with Gasteiger partial charge in [-0.15, -0.1) is 0 Å². The van der Waals surface area contributed by atoms with Crippen LogP contribution in [-0.4, -0.2) is 7.11 Å². The zero-order valence-corrected chi connectivity index (χ0v) is 13.5. The molecule has 0 spiro atoms. The highest BCUT2D eigenvalue weighted by Crippen LogP contribution is 2.37. The third-order valence-electron chi connectivity index (χ3n) is 3.29. The van der Waals surface area contributed by atoms with Crippen LogP contribution in [0.1, 0.15) is 30.9 Å². The summed E-state index contributed by atoms with van der Waals surface area (Å²) >= 11 is 6.22. The summed E-state index contributed by atoms with van der Waals surface area (Å²) in [7, 11) is 1.67. The average molecular weight is 306 g/mol. The molecule has 0 aliphatic carbocycles. The highest BCUT2D eigenvalue weighted by Gasteiger charge is 2.12. The number of aryl methyl sites for hydroxylation is 1. The van der Waals surface area contributed by atoms with Gasteiger partial charge in [0.2, 0.25) is 0 Å². The lowest BCUT2D eigenvalue weighted by molar-refractivity contribution is 0.405. The maximum Gasteiger partial charge on any atom is 0.149 e. The topological polar surface area (TPSA) is 44.5 Å². The standard InChI is InChI=1S/C17H20ClNO2/c1-10(2)14-9-13(5-6-16(14)20-4)21-17-11(3)7-12(19)8-15(17)18/h5-10H,19H2,1-4H3. The molecule has 0 bridgehead atoms. The second-order valence-electron chi connectivity index (χ2n) is 5.31. The first kappa shape index (κ1) is 15.5. The first-order chi connectivity index (χ1) is 9.92. The molecule has 0 fully saturated rings. The second-order valence-corrected chi connectivity index (χ2v) is 5.72. The minimum absolute atomic E-state index is 0.339. The second kappa shape index (κ2) is 6.27. The molecule has 2 N–H and O–H groups in total. The summed E-state index contributed by atoms with van der Waals surface area (Å²) in [4.78, 5) is 0. The molecule has 0 unspecified atom stereocenters. The smallest absolute Gasteiger partial charge is 0.149 e. The molecule has 0 heterocycles. The van der Waals surface area contributed by atoms with E-state index in [1.165, 1.54) is 0 Å². The summed E-state index contributed by atoms with van der Waals surface area (Å²) in [5.74, 6) is 2.56. The fourth-order valence-electron chi connectivity index (χ4n) is 2.23. The first-order valence-corrected chi connectivity index (χ1v) is 7.21. The Labute approximate surface area is 130 Å². The number of rotatable bonds is 4. The lowest BCUT2D eigenvalue weighted by Crippen LogP contribution is -1.96. The van der Waals surface area contributed by atoms with Crippen LogP contribution in [0.15, 0.2) is 30.3 Å². The molecule has 3 nitrogen and oxygen atoms in total. The highest BCUT2D eigenvalue weighted by molar-refractivity contribution is 6.32. The van der Waals surface area contributed by atoms with E-state index in [9.17, 15) is 0 Å². The van der Waals surface area contributed by atoms with E-state index in [-0.39, 0.29) is 0 Å². The van der Waals surface area contributed by atoms with Crippen molar-refractivity contribution in [2.24, 2.45) is 0 Å². The van der Waals surface area contributed by atoms with E-state index in [0.717, 1.165) is 22.6 Å². The third kappa shape index (κ3) is 3.42. The van der Waals surface area contributed by atoms with Crippen LogP contribution in [-0.2, 0) is 0 Å². The van der Waals surface area contributed by atoms with Crippen molar-refractivity contribution >= 4 is 17.3 Å². The van der Waals surface area contributed by atoms with Crippen LogP contribution in [0.4, 0.5) is 5.69 Å². The Morgan fingerprint density at radius 2 is 1.86 bits per heavy atom. The maximum absolute atomic E-state index is 6.22. The summed E-state index contributed by atoms with van der Waals surface area (Å²) in [6.45, 7) is 6.15. The molecule has 0 amide bonds. The Morgan fingerprint density at radius 1 is 1.14 bits per heavy atom. The number of methoxy groups -OCH3 is 1. The van der Waals surface area contributed by atoms with Gasteiger partial charge in [-0.2, -0.15) is 0 Å². The summed E-state index contributed by atoms with van der Waals surface area (Å²) < 4.78 is 11.3. The van der Waals surface area contributed by atoms with Crippen LogP contribution >= 0.6 is 11.6 Å². The van der Waals surface area contributed by atoms with E-state index in [1.54, 1.807) is 13.2 Å². The van der Waals surface area contributed by atoms with Gasteiger partial charge in [-0.3, -0.25) is 0 Å². The SMILES string of the molecule is COc1ccc(Oc2c(C)cc(N)cc2Cl)cc1C(C)C. The van der Waals surface area contributed by atoms with Gasteiger partial charge in [0.15, 0.2) is 0 Å². The third-order valence-corrected chi connectivity index (χ3v) is 3.58. The molecule has 0 atom stereocenters. The maximum atomic E-state index is 6.22. The number of hydrogen-bond donors (Lipinski definition) is 1. The lowest BCUT2D eigenvalue weighted by Gasteiger charge is -2.16. The fraction of sp³-hybridized carbons (Fsp3) is 0.294. The number of nitrogens with two attached hydrogens (primary N) is 1.